The van der Waals surface area contributed by atoms with Gasteiger partial charge in [0.15, 0.2) is 5.69 Å². The number of hydrogen-bond acceptors (Lipinski definition) is 5. The van der Waals surface area contributed by atoms with Gasteiger partial charge in [0, 0.05) is 25.8 Å². The molecule has 2 amide bonds. The van der Waals surface area contributed by atoms with Crippen molar-refractivity contribution in [1.29, 1.82) is 0 Å². The van der Waals surface area contributed by atoms with E-state index in [1.165, 1.54) is 11.1 Å². The van der Waals surface area contributed by atoms with Crippen LogP contribution in [-0.4, -0.2) is 53.4 Å². The van der Waals surface area contributed by atoms with Crippen LogP contribution in [0.1, 0.15) is 23.3 Å². The molecule has 1 N–H and O–H groups in total. The van der Waals surface area contributed by atoms with Crippen LogP contribution in [0, 0.1) is 0 Å². The van der Waals surface area contributed by atoms with Gasteiger partial charge in [0.25, 0.3) is 5.91 Å². The van der Waals surface area contributed by atoms with Crippen molar-refractivity contribution in [3.8, 4) is 0 Å². The number of halogens is 1. The van der Waals surface area contributed by atoms with Crippen molar-refractivity contribution in [2.24, 2.45) is 0 Å². The number of anilines is 2. The first-order valence-electron chi connectivity index (χ1n) is 8.42. The molecule has 8 heteroatoms. The number of aromatic nitrogens is 2. The van der Waals surface area contributed by atoms with Crippen molar-refractivity contribution in [1.82, 2.24) is 14.9 Å². The van der Waals surface area contributed by atoms with Gasteiger partial charge in [-0.1, -0.05) is 29.8 Å². The third-order valence-corrected chi connectivity index (χ3v) is 4.38. The summed E-state index contributed by atoms with van der Waals surface area (Å²) in [6, 6.07) is 9.07. The fourth-order valence-corrected chi connectivity index (χ4v) is 2.94. The lowest BCUT2D eigenvalue weighted by atomic mass is 10.3. The smallest absolute Gasteiger partial charge is 0.274 e. The highest BCUT2D eigenvalue weighted by Crippen LogP contribution is 2.20. The Hall–Kier alpha value is -2.67. The molecule has 0 bridgehead atoms. The highest BCUT2D eigenvalue weighted by atomic mass is 35.5. The van der Waals surface area contributed by atoms with E-state index in [9.17, 15) is 9.59 Å². The molecular formula is C18H20ClN5O2. The Morgan fingerprint density at radius 1 is 1.23 bits per heavy atom. The summed E-state index contributed by atoms with van der Waals surface area (Å²) in [4.78, 5) is 36.7. The van der Waals surface area contributed by atoms with Gasteiger partial charge in [-0.3, -0.25) is 9.59 Å². The van der Waals surface area contributed by atoms with Crippen molar-refractivity contribution in [3.63, 3.8) is 0 Å². The van der Waals surface area contributed by atoms with Gasteiger partial charge in [-0.05, 0) is 25.0 Å². The largest absolute Gasteiger partial charge is 0.341 e. The average molecular weight is 374 g/mol. The average Bonchev–Trinajstić information content (AvgIpc) is 3.17. The second kappa shape index (κ2) is 8.14. The first-order chi connectivity index (χ1) is 12.5. The molecule has 1 saturated heterocycles. The van der Waals surface area contributed by atoms with Crippen LogP contribution in [0.3, 0.4) is 0 Å². The lowest BCUT2D eigenvalue weighted by molar-refractivity contribution is -0.116. The van der Waals surface area contributed by atoms with Gasteiger partial charge in [-0.2, -0.15) is 0 Å². The van der Waals surface area contributed by atoms with Gasteiger partial charge in [-0.15, -0.1) is 0 Å². The molecule has 0 radical (unpaired) electrons. The number of benzene rings is 1. The first-order valence-corrected chi connectivity index (χ1v) is 8.80. The minimum absolute atomic E-state index is 0.104. The maximum absolute atomic E-state index is 12.7. The van der Waals surface area contributed by atoms with E-state index < -0.39 is 5.91 Å². The lowest BCUT2D eigenvalue weighted by Gasteiger charge is -2.19. The van der Waals surface area contributed by atoms with Gasteiger partial charge >= 0.3 is 0 Å². The van der Waals surface area contributed by atoms with Crippen LogP contribution in [0.5, 0.6) is 0 Å². The second-order valence-corrected chi connectivity index (χ2v) is 6.54. The van der Waals surface area contributed by atoms with Crippen LogP contribution in [-0.2, 0) is 4.79 Å². The van der Waals surface area contributed by atoms with E-state index in [1.807, 2.05) is 23.1 Å². The third-order valence-electron chi connectivity index (χ3n) is 4.11. The van der Waals surface area contributed by atoms with Gasteiger partial charge in [0.2, 0.25) is 11.9 Å². The lowest BCUT2D eigenvalue weighted by Crippen LogP contribution is -2.35. The van der Waals surface area contributed by atoms with Crippen molar-refractivity contribution in [2.45, 2.75) is 12.8 Å². The summed E-state index contributed by atoms with van der Waals surface area (Å²) in [6.07, 6.45) is 3.59. The van der Waals surface area contributed by atoms with E-state index in [0.717, 1.165) is 25.9 Å². The molecule has 1 aliphatic heterocycles. The molecule has 0 atom stereocenters. The number of carbonyl (C=O) groups excluding carboxylic acids is 2. The third kappa shape index (κ3) is 4.29. The van der Waals surface area contributed by atoms with E-state index in [4.69, 9.17) is 11.6 Å². The molecule has 0 spiro atoms. The Bertz CT molecular complexity index is 793. The Morgan fingerprint density at radius 2 is 1.92 bits per heavy atom. The van der Waals surface area contributed by atoms with Crippen LogP contribution in [0.25, 0.3) is 0 Å². The first kappa shape index (κ1) is 18.1. The van der Waals surface area contributed by atoms with Gasteiger partial charge < -0.3 is 15.1 Å². The number of nitrogens with one attached hydrogen (secondary N) is 1. The Labute approximate surface area is 157 Å². The zero-order chi connectivity index (χ0) is 18.5. The van der Waals surface area contributed by atoms with E-state index in [-0.39, 0.29) is 23.2 Å². The van der Waals surface area contributed by atoms with Crippen molar-refractivity contribution in [3.05, 3.63) is 47.2 Å². The molecule has 26 heavy (non-hydrogen) atoms. The summed E-state index contributed by atoms with van der Waals surface area (Å²) >= 11 is 6.12. The van der Waals surface area contributed by atoms with Crippen LogP contribution in [0.15, 0.2) is 36.5 Å². The molecule has 1 fully saturated rings. The maximum atomic E-state index is 12.7. The van der Waals surface area contributed by atoms with E-state index >= 15 is 0 Å². The van der Waals surface area contributed by atoms with Crippen molar-refractivity contribution >= 4 is 35.1 Å². The van der Waals surface area contributed by atoms with Gasteiger partial charge in [0.05, 0.1) is 17.8 Å². The Morgan fingerprint density at radius 3 is 2.62 bits per heavy atom. The quantitative estimate of drug-likeness (QED) is 0.870. The maximum Gasteiger partial charge on any atom is 0.274 e. The van der Waals surface area contributed by atoms with Crippen LogP contribution in [0.4, 0.5) is 11.6 Å². The molecule has 0 saturated carbocycles. The molecule has 1 aromatic heterocycles. The minimum atomic E-state index is -0.416. The molecule has 1 aromatic carbocycles. The molecular weight excluding hydrogens is 354 g/mol. The highest BCUT2D eigenvalue weighted by molar-refractivity contribution is 6.33. The molecule has 1 aliphatic rings. The number of rotatable bonds is 5. The van der Waals surface area contributed by atoms with Crippen LogP contribution < -0.4 is 10.2 Å². The van der Waals surface area contributed by atoms with Crippen molar-refractivity contribution < 1.29 is 9.59 Å². The minimum Gasteiger partial charge on any atom is -0.341 e. The molecule has 0 aliphatic carbocycles. The summed E-state index contributed by atoms with van der Waals surface area (Å²) in [5.41, 5.74) is 0.785. The zero-order valence-electron chi connectivity index (χ0n) is 14.5. The Balaban J connectivity index is 1.67. The van der Waals surface area contributed by atoms with E-state index in [2.05, 4.69) is 15.3 Å². The number of carbonyl (C=O) groups is 2. The highest BCUT2D eigenvalue weighted by Gasteiger charge is 2.23. The summed E-state index contributed by atoms with van der Waals surface area (Å²) in [5.74, 6) is -0.213. The SMILES string of the molecule is CN(CC(=O)Nc1ccccc1)C(=O)c1nc(N2CCCC2)ncc1Cl. The molecule has 2 aromatic rings. The van der Waals surface area contributed by atoms with Crippen LogP contribution in [0.2, 0.25) is 5.02 Å². The molecule has 3 rings (SSSR count). The molecule has 136 valence electrons. The zero-order valence-corrected chi connectivity index (χ0v) is 15.2. The predicted molar refractivity (Wildman–Crippen MR) is 101 cm³/mol. The summed E-state index contributed by atoms with van der Waals surface area (Å²) in [7, 11) is 1.54. The van der Waals surface area contributed by atoms with E-state index in [1.54, 1.807) is 19.2 Å². The van der Waals surface area contributed by atoms with Crippen molar-refractivity contribution in [2.75, 3.05) is 36.9 Å². The fourth-order valence-electron chi connectivity index (χ4n) is 2.77. The Kier molecular flexibility index (Phi) is 5.68. The molecule has 0 unspecified atom stereocenters. The van der Waals surface area contributed by atoms with Gasteiger partial charge in [-0.25, -0.2) is 9.97 Å². The normalized spacial score (nSPS) is 13.5. The van der Waals surface area contributed by atoms with E-state index in [0.29, 0.717) is 11.6 Å². The summed E-state index contributed by atoms with van der Waals surface area (Å²) < 4.78 is 0. The topological polar surface area (TPSA) is 78.4 Å². The van der Waals surface area contributed by atoms with Gasteiger partial charge in [0.1, 0.15) is 0 Å². The number of para-hydroxylation sites is 1. The number of nitrogens with zero attached hydrogens (tertiary/aromatic N) is 4. The summed E-state index contributed by atoms with van der Waals surface area (Å²) in [6.45, 7) is 1.63. The summed E-state index contributed by atoms with van der Waals surface area (Å²) in [5, 5.41) is 2.92. The fraction of sp³-hybridized carbons (Fsp3) is 0.333. The van der Waals surface area contributed by atoms with Crippen LogP contribution >= 0.6 is 11.6 Å². The standard InChI is InChI=1S/C18H20ClN5O2/c1-23(12-15(25)21-13-7-3-2-4-8-13)17(26)16-14(19)11-20-18(22-16)24-9-5-6-10-24/h2-4,7-8,11H,5-6,9-10,12H2,1H3,(H,21,25). The molecule has 7 nitrogen and oxygen atoms in total. The molecule has 2 heterocycles. The number of likely N-dealkylation sites (N-methyl/N-ethyl adjacent to an activating group) is 1. The predicted octanol–water partition coefficient (Wildman–Crippen LogP) is 2.44. The number of amides is 2. The monoisotopic (exact) mass is 373 g/mol. The second-order valence-electron chi connectivity index (χ2n) is 6.14. The number of hydrogen-bond donors (Lipinski definition) is 1.